The van der Waals surface area contributed by atoms with Crippen molar-refractivity contribution >= 4 is 29.2 Å². The van der Waals surface area contributed by atoms with E-state index in [0.717, 1.165) is 46.7 Å². The highest BCUT2D eigenvalue weighted by atomic mass is 32.2. The third-order valence-electron chi connectivity index (χ3n) is 7.76. The number of nitrogens with two attached hydrogens (primary N) is 1. The molecule has 2 aliphatic rings. The monoisotopic (exact) mass is 500 g/mol. The lowest BCUT2D eigenvalue weighted by Crippen LogP contribution is -2.56. The molecule has 5 atom stereocenters. The predicted molar refractivity (Wildman–Crippen MR) is 145 cm³/mol. The van der Waals surface area contributed by atoms with Crippen LogP contribution in [0.4, 0.5) is 4.39 Å². The molecule has 192 valence electrons. The molecule has 5 unspecified atom stereocenters. The van der Waals surface area contributed by atoms with Crippen molar-refractivity contribution in [3.8, 4) is 0 Å². The van der Waals surface area contributed by atoms with Crippen LogP contribution in [0, 0.1) is 23.2 Å². The number of nitrogens with zero attached hydrogens (tertiary/aromatic N) is 2. The third-order valence-corrected chi connectivity index (χ3v) is 9.32. The minimum Gasteiger partial charge on any atom is -0.370 e. The Morgan fingerprint density at radius 3 is 2.63 bits per heavy atom. The molecule has 3 N–H and O–H groups in total. The number of amidine groups is 1. The molecule has 0 bridgehead atoms. The maximum Gasteiger partial charge on any atom is 0.219 e. The lowest BCUT2D eigenvalue weighted by molar-refractivity contribution is -0.118. The molecule has 7 heteroatoms. The van der Waals surface area contributed by atoms with E-state index in [-0.39, 0.29) is 35.5 Å². The number of rotatable bonds is 9. The number of hydrogen-bond donors (Lipinski definition) is 2. The van der Waals surface area contributed by atoms with E-state index in [2.05, 4.69) is 56.6 Å². The van der Waals surface area contributed by atoms with E-state index in [1.807, 2.05) is 6.08 Å². The van der Waals surface area contributed by atoms with Gasteiger partial charge in [-0.1, -0.05) is 39.3 Å². The SMILES string of the molecule is CC/C(C)=C/C(=N)C1C(=NC)N(CCC(N)=O)C(Sc2cc3c(cc2CC)CCC3F)C(C)C1C. The largest absolute Gasteiger partial charge is 0.370 e. The summed E-state index contributed by atoms with van der Waals surface area (Å²) in [7, 11) is 1.77. The van der Waals surface area contributed by atoms with Crippen molar-refractivity contribution in [2.75, 3.05) is 13.6 Å². The molecular formula is C28H41FN4OS. The topological polar surface area (TPSA) is 82.5 Å². The fourth-order valence-corrected chi connectivity index (χ4v) is 6.95. The zero-order valence-corrected chi connectivity index (χ0v) is 22.8. The zero-order valence-electron chi connectivity index (χ0n) is 22.0. The lowest BCUT2D eigenvalue weighted by atomic mass is 9.75. The van der Waals surface area contributed by atoms with Crippen LogP contribution in [0.5, 0.6) is 0 Å². The highest BCUT2D eigenvalue weighted by molar-refractivity contribution is 8.00. The van der Waals surface area contributed by atoms with Crippen LogP contribution < -0.4 is 5.73 Å². The standard InChI is InChI=1S/C28H41FN4OS/c1-7-16(3)13-23(30)26-17(4)18(5)28(33(27(26)32-6)12-11-25(31)34)35-24-15-21-20(9-10-22(21)29)14-19(24)8-2/h13-15,17-18,22,26,28,30H,7-12H2,1-6H3,(H2,31,34)/b16-13+,30-23?,32-27?. The van der Waals surface area contributed by atoms with Gasteiger partial charge in [-0.2, -0.15) is 0 Å². The van der Waals surface area contributed by atoms with Gasteiger partial charge in [0, 0.05) is 30.6 Å². The second-order valence-corrected chi connectivity index (χ2v) is 11.2. The molecule has 1 aliphatic heterocycles. The van der Waals surface area contributed by atoms with Gasteiger partial charge in [0.25, 0.3) is 0 Å². The molecule has 1 aromatic rings. The van der Waals surface area contributed by atoms with Crippen molar-refractivity contribution in [2.24, 2.45) is 28.5 Å². The van der Waals surface area contributed by atoms with Gasteiger partial charge >= 0.3 is 0 Å². The van der Waals surface area contributed by atoms with Crippen LogP contribution in [0.25, 0.3) is 0 Å². The Morgan fingerprint density at radius 1 is 1.31 bits per heavy atom. The molecule has 0 radical (unpaired) electrons. The van der Waals surface area contributed by atoms with Crippen LogP contribution in [-0.4, -0.2) is 41.3 Å². The number of primary amides is 1. The van der Waals surface area contributed by atoms with Crippen molar-refractivity contribution < 1.29 is 9.18 Å². The number of thioether (sulfide) groups is 1. The Hall–Kier alpha value is -2.15. The van der Waals surface area contributed by atoms with E-state index >= 15 is 0 Å². The summed E-state index contributed by atoms with van der Waals surface area (Å²) in [5.41, 5.74) is 10.5. The second kappa shape index (κ2) is 11.7. The minimum absolute atomic E-state index is 0.00571. The number of amides is 1. The number of likely N-dealkylation sites (tertiary alicyclic amines) is 1. The van der Waals surface area contributed by atoms with E-state index in [1.54, 1.807) is 18.8 Å². The molecule has 5 nitrogen and oxygen atoms in total. The van der Waals surface area contributed by atoms with Gasteiger partial charge in [-0.05, 0) is 73.3 Å². The fraction of sp³-hybridized carbons (Fsp3) is 0.607. The smallest absolute Gasteiger partial charge is 0.219 e. The van der Waals surface area contributed by atoms with Crippen LogP contribution in [0.1, 0.15) is 76.7 Å². The number of allylic oxidation sites excluding steroid dienone is 2. The predicted octanol–water partition coefficient (Wildman–Crippen LogP) is 6.11. The summed E-state index contributed by atoms with van der Waals surface area (Å²) in [6.07, 6.45) is 4.44. The molecule has 0 spiro atoms. The maximum absolute atomic E-state index is 14.6. The highest BCUT2D eigenvalue weighted by Crippen LogP contribution is 2.46. The Balaban J connectivity index is 2.03. The number of alkyl halides is 1. The summed E-state index contributed by atoms with van der Waals surface area (Å²) in [4.78, 5) is 19.7. The Kier molecular flexibility index (Phi) is 9.19. The first kappa shape index (κ1) is 27.4. The fourth-order valence-electron chi connectivity index (χ4n) is 5.34. The first-order chi connectivity index (χ1) is 16.6. The van der Waals surface area contributed by atoms with Gasteiger partial charge in [-0.25, -0.2) is 4.39 Å². The number of fused-ring (bicyclic) bond motifs is 1. The first-order valence-corrected chi connectivity index (χ1v) is 13.7. The summed E-state index contributed by atoms with van der Waals surface area (Å²) in [5, 5.41) is 8.92. The molecule has 3 rings (SSSR count). The van der Waals surface area contributed by atoms with Crippen molar-refractivity contribution in [3.05, 3.63) is 40.5 Å². The number of benzene rings is 1. The first-order valence-electron chi connectivity index (χ1n) is 12.9. The second-order valence-electron chi connectivity index (χ2n) is 10.0. The quantitative estimate of drug-likeness (QED) is 0.402. The van der Waals surface area contributed by atoms with E-state index in [0.29, 0.717) is 18.7 Å². The van der Waals surface area contributed by atoms with E-state index in [9.17, 15) is 9.18 Å². The van der Waals surface area contributed by atoms with Gasteiger partial charge < -0.3 is 16.0 Å². The van der Waals surface area contributed by atoms with Crippen LogP contribution in [0.15, 0.2) is 33.7 Å². The van der Waals surface area contributed by atoms with Gasteiger partial charge in [0.05, 0.1) is 11.3 Å². The van der Waals surface area contributed by atoms with E-state index in [4.69, 9.17) is 11.1 Å². The molecule has 1 fully saturated rings. The van der Waals surface area contributed by atoms with Gasteiger partial charge in [-0.3, -0.25) is 9.79 Å². The number of aryl methyl sites for hydroxylation is 2. The average molecular weight is 501 g/mol. The van der Waals surface area contributed by atoms with Crippen molar-refractivity contribution in [2.45, 2.75) is 83.2 Å². The minimum atomic E-state index is -0.893. The molecule has 35 heavy (non-hydrogen) atoms. The summed E-state index contributed by atoms with van der Waals surface area (Å²) in [6, 6.07) is 4.25. The Morgan fingerprint density at radius 2 is 2.03 bits per heavy atom. The Bertz CT molecular complexity index is 1020. The number of aliphatic imine (C=N–C) groups is 1. The maximum atomic E-state index is 14.6. The molecule has 1 saturated heterocycles. The molecule has 1 amide bonds. The van der Waals surface area contributed by atoms with Crippen molar-refractivity contribution in [1.29, 1.82) is 5.41 Å². The van der Waals surface area contributed by atoms with Gasteiger partial charge in [0.1, 0.15) is 12.0 Å². The summed E-state index contributed by atoms with van der Waals surface area (Å²) >= 11 is 1.75. The number of piperidine rings is 1. The molecular weight excluding hydrogens is 459 g/mol. The molecule has 1 aliphatic carbocycles. The van der Waals surface area contributed by atoms with E-state index in [1.165, 1.54) is 5.56 Å². The normalized spacial score (nSPS) is 27.9. The van der Waals surface area contributed by atoms with Crippen LogP contribution >= 0.6 is 11.8 Å². The number of halogens is 1. The van der Waals surface area contributed by atoms with Gasteiger partial charge in [0.15, 0.2) is 0 Å². The van der Waals surface area contributed by atoms with Crippen LogP contribution in [0.2, 0.25) is 0 Å². The Labute approximate surface area is 214 Å². The molecule has 0 aromatic heterocycles. The van der Waals surface area contributed by atoms with Crippen LogP contribution in [0.3, 0.4) is 0 Å². The lowest BCUT2D eigenvalue weighted by Gasteiger charge is -2.49. The van der Waals surface area contributed by atoms with Gasteiger partial charge in [0.2, 0.25) is 5.91 Å². The van der Waals surface area contributed by atoms with Crippen LogP contribution in [-0.2, 0) is 17.6 Å². The van der Waals surface area contributed by atoms with E-state index < -0.39 is 6.17 Å². The average Bonchev–Trinajstić information content (AvgIpc) is 3.19. The molecule has 1 heterocycles. The number of nitrogens with one attached hydrogen (secondary N) is 1. The van der Waals surface area contributed by atoms with Crippen molar-refractivity contribution in [3.63, 3.8) is 0 Å². The zero-order chi connectivity index (χ0) is 25.9. The number of carbonyl (C=O) groups excluding carboxylic acids is 1. The third kappa shape index (κ3) is 5.82. The number of hydrogen-bond acceptors (Lipinski definition) is 4. The van der Waals surface area contributed by atoms with Gasteiger partial charge in [-0.15, -0.1) is 11.8 Å². The summed E-state index contributed by atoms with van der Waals surface area (Å²) in [6.45, 7) is 11.2. The van der Waals surface area contributed by atoms with Crippen molar-refractivity contribution in [1.82, 2.24) is 4.90 Å². The highest BCUT2D eigenvalue weighted by Gasteiger charge is 2.45. The summed E-state index contributed by atoms with van der Waals surface area (Å²) < 4.78 is 14.6. The number of carbonyl (C=O) groups is 1. The summed E-state index contributed by atoms with van der Waals surface area (Å²) in [5.74, 6) is 0.719. The molecule has 1 aromatic carbocycles. The molecule has 0 saturated carbocycles.